The van der Waals surface area contributed by atoms with Gasteiger partial charge >= 0.3 is 0 Å². The van der Waals surface area contributed by atoms with Crippen LogP contribution in [0.2, 0.25) is 0 Å². The van der Waals surface area contributed by atoms with E-state index in [-0.39, 0.29) is 0 Å². The summed E-state index contributed by atoms with van der Waals surface area (Å²) in [7, 11) is 0. The average molecular weight is 275 g/mol. The first kappa shape index (κ1) is 15.5. The van der Waals surface area contributed by atoms with Gasteiger partial charge in [-0.25, -0.2) is 0 Å². The number of nitrogens with one attached hydrogen (secondary N) is 1. The van der Waals surface area contributed by atoms with Gasteiger partial charge in [-0.3, -0.25) is 0 Å². The lowest BCUT2D eigenvalue weighted by molar-refractivity contribution is 0.0426. The summed E-state index contributed by atoms with van der Waals surface area (Å²) in [4.78, 5) is 0. The van der Waals surface area contributed by atoms with Gasteiger partial charge in [-0.2, -0.15) is 0 Å². The lowest BCUT2D eigenvalue weighted by Crippen LogP contribution is -2.28. The molecule has 0 bridgehead atoms. The summed E-state index contributed by atoms with van der Waals surface area (Å²) in [5, 5.41) is 3.62. The summed E-state index contributed by atoms with van der Waals surface area (Å²) in [6, 6.07) is 9.33. The van der Waals surface area contributed by atoms with E-state index in [4.69, 9.17) is 4.74 Å². The van der Waals surface area contributed by atoms with Gasteiger partial charge in [-0.15, -0.1) is 0 Å². The maximum absolute atomic E-state index is 6.11. The first-order chi connectivity index (χ1) is 9.83. The lowest BCUT2D eigenvalue weighted by Gasteiger charge is -2.21. The molecule has 0 radical (unpaired) electrons. The first-order valence-electron chi connectivity index (χ1n) is 8.27. The van der Waals surface area contributed by atoms with Crippen molar-refractivity contribution in [3.05, 3.63) is 35.4 Å². The number of ether oxygens (including phenoxy) is 1. The second-order valence-electron chi connectivity index (χ2n) is 5.84. The fraction of sp³-hybridized carbons (Fsp3) is 0.667. The minimum Gasteiger partial charge on any atom is -0.376 e. The van der Waals surface area contributed by atoms with Crippen LogP contribution in [-0.2, 0) is 11.2 Å². The highest BCUT2D eigenvalue weighted by atomic mass is 16.5. The maximum Gasteiger partial charge on any atom is 0.0665 e. The number of aryl methyl sites for hydroxylation is 1. The molecular weight excluding hydrogens is 246 g/mol. The Hall–Kier alpha value is -0.860. The highest BCUT2D eigenvalue weighted by Crippen LogP contribution is 2.23. The van der Waals surface area contributed by atoms with Crippen LogP contribution in [0.25, 0.3) is 0 Å². The van der Waals surface area contributed by atoms with Crippen LogP contribution in [0.15, 0.2) is 24.3 Å². The van der Waals surface area contributed by atoms with Crippen LogP contribution in [0.5, 0.6) is 0 Å². The predicted octanol–water partition coefficient (Wildman–Crippen LogP) is 4.25. The molecule has 1 fully saturated rings. The van der Waals surface area contributed by atoms with Gasteiger partial charge in [-0.05, 0) is 43.4 Å². The van der Waals surface area contributed by atoms with Crippen molar-refractivity contribution in [3.63, 3.8) is 0 Å². The first-order valence-corrected chi connectivity index (χ1v) is 8.27. The van der Waals surface area contributed by atoms with E-state index >= 15 is 0 Å². The number of hydrogen-bond donors (Lipinski definition) is 1. The molecule has 0 saturated heterocycles. The molecule has 2 nitrogen and oxygen atoms in total. The quantitative estimate of drug-likeness (QED) is 0.766. The zero-order valence-corrected chi connectivity index (χ0v) is 13.0. The molecule has 0 heterocycles. The van der Waals surface area contributed by atoms with Crippen LogP contribution in [0.4, 0.5) is 0 Å². The second kappa shape index (κ2) is 8.43. The molecule has 1 saturated carbocycles. The largest absolute Gasteiger partial charge is 0.376 e. The highest BCUT2D eigenvalue weighted by molar-refractivity contribution is 5.25. The summed E-state index contributed by atoms with van der Waals surface area (Å²) in [5.41, 5.74) is 2.76. The Morgan fingerprint density at radius 2 is 1.85 bits per heavy atom. The lowest BCUT2D eigenvalue weighted by atomic mass is 10.0. The Balaban J connectivity index is 1.93. The molecule has 1 aliphatic carbocycles. The van der Waals surface area contributed by atoms with Crippen molar-refractivity contribution in [2.75, 3.05) is 13.2 Å². The van der Waals surface area contributed by atoms with E-state index in [1.54, 1.807) is 0 Å². The maximum atomic E-state index is 6.11. The topological polar surface area (TPSA) is 21.3 Å². The van der Waals surface area contributed by atoms with Crippen molar-refractivity contribution in [1.29, 1.82) is 0 Å². The van der Waals surface area contributed by atoms with Gasteiger partial charge in [0.1, 0.15) is 0 Å². The molecule has 1 aliphatic rings. The van der Waals surface area contributed by atoms with Gasteiger partial charge in [0.2, 0.25) is 0 Å². The predicted molar refractivity (Wildman–Crippen MR) is 85.1 cm³/mol. The van der Waals surface area contributed by atoms with Crippen LogP contribution < -0.4 is 5.32 Å². The Morgan fingerprint density at radius 3 is 2.45 bits per heavy atom. The molecule has 112 valence electrons. The van der Waals surface area contributed by atoms with E-state index in [2.05, 4.69) is 43.4 Å². The van der Waals surface area contributed by atoms with Crippen molar-refractivity contribution < 1.29 is 4.74 Å². The third-order valence-electron chi connectivity index (χ3n) is 4.23. The van der Waals surface area contributed by atoms with Crippen LogP contribution in [0.3, 0.4) is 0 Å². The van der Waals surface area contributed by atoms with E-state index in [1.165, 1.54) is 36.8 Å². The van der Waals surface area contributed by atoms with E-state index in [9.17, 15) is 0 Å². The number of rotatable bonds is 8. The van der Waals surface area contributed by atoms with Crippen molar-refractivity contribution in [3.8, 4) is 0 Å². The molecule has 1 N–H and O–H groups in total. The normalized spacial score (nSPS) is 17.5. The molecule has 0 aliphatic heterocycles. The SMILES string of the molecule is CCCNC(COC1CCCC1)c1ccc(CC)cc1. The van der Waals surface area contributed by atoms with Gasteiger partial charge in [-0.1, -0.05) is 51.0 Å². The van der Waals surface area contributed by atoms with Gasteiger partial charge in [0.25, 0.3) is 0 Å². The Kier molecular flexibility index (Phi) is 6.55. The molecule has 0 spiro atoms. The van der Waals surface area contributed by atoms with Crippen molar-refractivity contribution in [2.45, 2.75) is 64.5 Å². The standard InChI is InChI=1S/C18H29NO/c1-3-13-19-18(14-20-17-7-5-6-8-17)16-11-9-15(4-2)10-12-16/h9-12,17-19H,3-8,13-14H2,1-2H3. The van der Waals surface area contributed by atoms with Crippen LogP contribution in [-0.4, -0.2) is 19.3 Å². The van der Waals surface area contributed by atoms with Gasteiger partial charge < -0.3 is 10.1 Å². The third kappa shape index (κ3) is 4.60. The third-order valence-corrected chi connectivity index (χ3v) is 4.23. The minimum absolute atomic E-state index is 0.335. The highest BCUT2D eigenvalue weighted by Gasteiger charge is 2.18. The van der Waals surface area contributed by atoms with Gasteiger partial charge in [0.15, 0.2) is 0 Å². The van der Waals surface area contributed by atoms with E-state index in [0.29, 0.717) is 12.1 Å². The summed E-state index contributed by atoms with van der Waals surface area (Å²) in [6.07, 6.45) is 7.92. The Morgan fingerprint density at radius 1 is 1.15 bits per heavy atom. The zero-order valence-electron chi connectivity index (χ0n) is 13.0. The summed E-state index contributed by atoms with van der Waals surface area (Å²) < 4.78 is 6.11. The van der Waals surface area contributed by atoms with Crippen LogP contribution in [0.1, 0.15) is 63.1 Å². The number of benzene rings is 1. The average Bonchev–Trinajstić information content (AvgIpc) is 3.01. The van der Waals surface area contributed by atoms with Crippen molar-refractivity contribution in [1.82, 2.24) is 5.32 Å². The fourth-order valence-electron chi connectivity index (χ4n) is 2.86. The molecule has 2 rings (SSSR count). The monoisotopic (exact) mass is 275 g/mol. The molecule has 1 aromatic rings. The molecule has 1 aromatic carbocycles. The molecule has 1 atom stereocenters. The summed E-state index contributed by atoms with van der Waals surface area (Å²) in [6.45, 7) is 6.26. The second-order valence-corrected chi connectivity index (χ2v) is 5.84. The van der Waals surface area contributed by atoms with Crippen LogP contribution >= 0.6 is 0 Å². The van der Waals surface area contributed by atoms with Crippen molar-refractivity contribution >= 4 is 0 Å². The minimum atomic E-state index is 0.335. The summed E-state index contributed by atoms with van der Waals surface area (Å²) in [5.74, 6) is 0. The van der Waals surface area contributed by atoms with Crippen molar-refractivity contribution in [2.24, 2.45) is 0 Å². The fourth-order valence-corrected chi connectivity index (χ4v) is 2.86. The molecule has 2 heteroatoms. The molecule has 1 unspecified atom stereocenters. The number of hydrogen-bond acceptors (Lipinski definition) is 2. The molecule has 0 amide bonds. The van der Waals surface area contributed by atoms with Gasteiger partial charge in [0, 0.05) is 0 Å². The zero-order chi connectivity index (χ0) is 14.2. The Labute approximate surface area is 123 Å². The molecular formula is C18H29NO. The van der Waals surface area contributed by atoms with Gasteiger partial charge in [0.05, 0.1) is 18.8 Å². The smallest absolute Gasteiger partial charge is 0.0665 e. The summed E-state index contributed by atoms with van der Waals surface area (Å²) >= 11 is 0. The molecule has 0 aromatic heterocycles. The van der Waals surface area contributed by atoms with E-state index < -0.39 is 0 Å². The van der Waals surface area contributed by atoms with E-state index in [0.717, 1.165) is 26.0 Å². The Bertz CT molecular complexity index is 368. The van der Waals surface area contributed by atoms with E-state index in [1.807, 2.05) is 0 Å². The van der Waals surface area contributed by atoms with Crippen LogP contribution in [0, 0.1) is 0 Å². The molecule has 20 heavy (non-hydrogen) atoms.